The van der Waals surface area contributed by atoms with Crippen molar-refractivity contribution in [3.63, 3.8) is 0 Å². The van der Waals surface area contributed by atoms with Gasteiger partial charge in [-0.2, -0.15) is 5.10 Å². The molecule has 0 unspecified atom stereocenters. The van der Waals surface area contributed by atoms with Crippen LogP contribution in [0, 0.1) is 20.8 Å². The summed E-state index contributed by atoms with van der Waals surface area (Å²) in [6, 6.07) is 0.0933. The first-order valence-electron chi connectivity index (χ1n) is 9.86. The second-order valence-electron chi connectivity index (χ2n) is 7.67. The van der Waals surface area contributed by atoms with E-state index in [-0.39, 0.29) is 12.6 Å². The number of aromatic nitrogens is 4. The molecule has 0 amide bonds. The molecule has 1 fully saturated rings. The first-order valence-corrected chi connectivity index (χ1v) is 9.86. The summed E-state index contributed by atoms with van der Waals surface area (Å²) in [6.07, 6.45) is 4.18. The maximum absolute atomic E-state index is 9.57. The third kappa shape index (κ3) is 3.58. The Morgan fingerprint density at radius 2 is 1.92 bits per heavy atom. The lowest BCUT2D eigenvalue weighted by Gasteiger charge is -2.32. The third-order valence-electron chi connectivity index (χ3n) is 5.88. The number of hydrogen-bond acceptors (Lipinski definition) is 4. The number of rotatable bonds is 6. The molecular formula is C20H33N5O. The Morgan fingerprint density at radius 1 is 1.23 bits per heavy atom. The summed E-state index contributed by atoms with van der Waals surface area (Å²) in [5.41, 5.74) is 4.99. The zero-order chi connectivity index (χ0) is 18.8. The second kappa shape index (κ2) is 7.92. The van der Waals surface area contributed by atoms with Crippen LogP contribution in [0.2, 0.25) is 0 Å². The highest BCUT2D eigenvalue weighted by Gasteiger charge is 2.27. The molecule has 1 saturated heterocycles. The first kappa shape index (κ1) is 19.1. The molecule has 0 spiro atoms. The van der Waals surface area contributed by atoms with E-state index in [2.05, 4.69) is 58.9 Å². The van der Waals surface area contributed by atoms with Gasteiger partial charge in [-0.3, -0.25) is 9.58 Å². The predicted molar refractivity (Wildman–Crippen MR) is 103 cm³/mol. The minimum Gasteiger partial charge on any atom is -0.394 e. The summed E-state index contributed by atoms with van der Waals surface area (Å²) in [4.78, 5) is 7.22. The smallest absolute Gasteiger partial charge is 0.112 e. The van der Waals surface area contributed by atoms with Crippen molar-refractivity contribution in [2.45, 2.75) is 72.5 Å². The van der Waals surface area contributed by atoms with Gasteiger partial charge in [0, 0.05) is 42.2 Å². The summed E-state index contributed by atoms with van der Waals surface area (Å²) in [6.45, 7) is 14.8. The van der Waals surface area contributed by atoms with Crippen LogP contribution in [0.5, 0.6) is 0 Å². The highest BCUT2D eigenvalue weighted by Crippen LogP contribution is 2.30. The minimum absolute atomic E-state index is 0.0933. The summed E-state index contributed by atoms with van der Waals surface area (Å²) in [5.74, 6) is 1.63. The zero-order valence-corrected chi connectivity index (χ0v) is 16.9. The van der Waals surface area contributed by atoms with E-state index in [1.807, 2.05) is 6.20 Å². The summed E-state index contributed by atoms with van der Waals surface area (Å²) >= 11 is 0. The lowest BCUT2D eigenvalue weighted by Crippen LogP contribution is -2.34. The van der Waals surface area contributed by atoms with Crippen molar-refractivity contribution in [3.8, 4) is 0 Å². The minimum atomic E-state index is 0.0933. The standard InChI is InChI=1S/C20H33N5O/c1-6-24-17(5)19(16(4)22-24)12-23-9-7-18(8-10-23)20-21-11-14(2)25(20)15(3)13-26/h11,15,18,26H,6-10,12-13H2,1-5H3/t15-/m1/s1. The molecule has 6 heteroatoms. The van der Waals surface area contributed by atoms with Crippen molar-refractivity contribution in [2.24, 2.45) is 0 Å². The normalized spacial score (nSPS) is 17.8. The van der Waals surface area contributed by atoms with Crippen molar-refractivity contribution >= 4 is 0 Å². The molecule has 3 rings (SSSR count). The van der Waals surface area contributed by atoms with Gasteiger partial charge in [0.25, 0.3) is 0 Å². The highest BCUT2D eigenvalue weighted by molar-refractivity contribution is 5.24. The average Bonchev–Trinajstić information content (AvgIpc) is 3.16. The van der Waals surface area contributed by atoms with Gasteiger partial charge in [-0.1, -0.05) is 0 Å². The van der Waals surface area contributed by atoms with Crippen molar-refractivity contribution in [3.05, 3.63) is 34.7 Å². The number of aliphatic hydroxyl groups excluding tert-OH is 1. The van der Waals surface area contributed by atoms with E-state index in [4.69, 9.17) is 0 Å². The molecule has 0 saturated carbocycles. The van der Waals surface area contributed by atoms with Crippen LogP contribution in [-0.2, 0) is 13.1 Å². The van der Waals surface area contributed by atoms with Gasteiger partial charge in [0.2, 0.25) is 0 Å². The summed E-state index contributed by atoms with van der Waals surface area (Å²) in [5, 5.41) is 14.2. The molecule has 1 aliphatic rings. The summed E-state index contributed by atoms with van der Waals surface area (Å²) in [7, 11) is 0. The molecule has 2 aromatic heterocycles. The van der Waals surface area contributed by atoms with Gasteiger partial charge in [0.15, 0.2) is 0 Å². The number of aliphatic hydroxyl groups is 1. The molecule has 26 heavy (non-hydrogen) atoms. The fourth-order valence-electron chi connectivity index (χ4n) is 4.27. The Balaban J connectivity index is 1.66. The molecule has 6 nitrogen and oxygen atoms in total. The van der Waals surface area contributed by atoms with Crippen LogP contribution in [-0.4, -0.2) is 49.0 Å². The number of aryl methyl sites for hydroxylation is 3. The third-order valence-corrected chi connectivity index (χ3v) is 5.88. The molecule has 0 aromatic carbocycles. The van der Waals surface area contributed by atoms with Crippen LogP contribution in [0.15, 0.2) is 6.20 Å². The van der Waals surface area contributed by atoms with E-state index in [1.165, 1.54) is 11.3 Å². The van der Waals surface area contributed by atoms with Gasteiger partial charge < -0.3 is 9.67 Å². The molecule has 1 atom stereocenters. The fraction of sp³-hybridized carbons (Fsp3) is 0.700. The Morgan fingerprint density at radius 3 is 2.50 bits per heavy atom. The van der Waals surface area contributed by atoms with E-state index in [0.29, 0.717) is 5.92 Å². The number of hydrogen-bond donors (Lipinski definition) is 1. The predicted octanol–water partition coefficient (Wildman–Crippen LogP) is 2.96. The Bertz CT molecular complexity index is 740. The Hall–Kier alpha value is -1.66. The maximum atomic E-state index is 9.57. The maximum Gasteiger partial charge on any atom is 0.112 e. The highest BCUT2D eigenvalue weighted by atomic mass is 16.3. The zero-order valence-electron chi connectivity index (χ0n) is 16.9. The van der Waals surface area contributed by atoms with Gasteiger partial charge in [0.1, 0.15) is 5.82 Å². The number of piperidine rings is 1. The van der Waals surface area contributed by atoms with Crippen molar-refractivity contribution in [1.82, 2.24) is 24.2 Å². The molecule has 1 N–H and O–H groups in total. The van der Waals surface area contributed by atoms with Crippen LogP contribution in [0.1, 0.15) is 67.1 Å². The van der Waals surface area contributed by atoms with Crippen molar-refractivity contribution in [2.75, 3.05) is 19.7 Å². The SMILES string of the molecule is CCn1nc(C)c(CN2CCC(c3ncc(C)n3[C@H](C)CO)CC2)c1C. The Kier molecular flexibility index (Phi) is 5.82. The van der Waals surface area contributed by atoms with E-state index in [9.17, 15) is 5.11 Å². The van der Waals surface area contributed by atoms with Gasteiger partial charge in [-0.05, 0) is 60.5 Å². The van der Waals surface area contributed by atoms with Crippen LogP contribution < -0.4 is 0 Å². The molecule has 0 bridgehead atoms. The Labute approximate surface area is 156 Å². The van der Waals surface area contributed by atoms with Gasteiger partial charge in [0.05, 0.1) is 18.3 Å². The van der Waals surface area contributed by atoms with E-state index in [0.717, 1.165) is 56.2 Å². The van der Waals surface area contributed by atoms with Gasteiger partial charge in [-0.25, -0.2) is 4.98 Å². The monoisotopic (exact) mass is 359 g/mol. The molecule has 1 aliphatic heterocycles. The fourth-order valence-corrected chi connectivity index (χ4v) is 4.27. The molecular weight excluding hydrogens is 326 g/mol. The molecule has 144 valence electrons. The van der Waals surface area contributed by atoms with Crippen molar-refractivity contribution < 1.29 is 5.11 Å². The molecule has 2 aromatic rings. The lowest BCUT2D eigenvalue weighted by atomic mass is 9.95. The molecule has 0 aliphatic carbocycles. The van der Waals surface area contributed by atoms with Crippen LogP contribution in [0.25, 0.3) is 0 Å². The van der Waals surface area contributed by atoms with Crippen LogP contribution in [0.4, 0.5) is 0 Å². The van der Waals surface area contributed by atoms with E-state index < -0.39 is 0 Å². The molecule has 0 radical (unpaired) electrons. The summed E-state index contributed by atoms with van der Waals surface area (Å²) < 4.78 is 4.33. The second-order valence-corrected chi connectivity index (χ2v) is 7.67. The number of nitrogens with zero attached hydrogens (tertiary/aromatic N) is 5. The number of imidazole rings is 1. The average molecular weight is 360 g/mol. The topological polar surface area (TPSA) is 59.1 Å². The van der Waals surface area contributed by atoms with Crippen LogP contribution >= 0.6 is 0 Å². The quantitative estimate of drug-likeness (QED) is 0.861. The largest absolute Gasteiger partial charge is 0.394 e. The van der Waals surface area contributed by atoms with Crippen molar-refractivity contribution in [1.29, 1.82) is 0 Å². The first-order chi connectivity index (χ1) is 12.5. The van der Waals surface area contributed by atoms with Gasteiger partial charge in [-0.15, -0.1) is 0 Å². The number of likely N-dealkylation sites (tertiary alicyclic amines) is 1. The van der Waals surface area contributed by atoms with E-state index >= 15 is 0 Å². The lowest BCUT2D eigenvalue weighted by molar-refractivity contribution is 0.193. The van der Waals surface area contributed by atoms with Crippen LogP contribution in [0.3, 0.4) is 0 Å². The molecule has 3 heterocycles. The van der Waals surface area contributed by atoms with E-state index in [1.54, 1.807) is 0 Å². The van der Waals surface area contributed by atoms with Gasteiger partial charge >= 0.3 is 0 Å².